The van der Waals surface area contributed by atoms with E-state index in [9.17, 15) is 0 Å². The summed E-state index contributed by atoms with van der Waals surface area (Å²) in [6.45, 7) is 6.58. The molecule has 2 aromatic rings. The van der Waals surface area contributed by atoms with E-state index in [1.807, 2.05) is 6.92 Å². The number of halogens is 1. The third-order valence-corrected chi connectivity index (χ3v) is 5.11. The van der Waals surface area contributed by atoms with Gasteiger partial charge in [0.1, 0.15) is 5.82 Å². The fourth-order valence-electron chi connectivity index (χ4n) is 3.74. The van der Waals surface area contributed by atoms with Gasteiger partial charge in [-0.25, -0.2) is 4.98 Å². The first-order valence-electron chi connectivity index (χ1n) is 8.00. The van der Waals surface area contributed by atoms with Crippen LogP contribution in [0.2, 0.25) is 0 Å². The molecule has 0 N–H and O–H groups in total. The summed E-state index contributed by atoms with van der Waals surface area (Å²) in [5.41, 5.74) is 3.67. The molecule has 1 aromatic heterocycles. The highest BCUT2D eigenvalue weighted by atomic mass is 35.5. The average Bonchev–Trinajstić information content (AvgIpc) is 3.05. The summed E-state index contributed by atoms with van der Waals surface area (Å²) in [6, 6.07) is 7.74. The van der Waals surface area contributed by atoms with Crippen LogP contribution in [0.1, 0.15) is 49.0 Å². The second-order valence-electron chi connectivity index (χ2n) is 6.57. The molecule has 3 nitrogen and oxygen atoms in total. The first-order valence-corrected chi connectivity index (χ1v) is 8.44. The molecule has 2 fully saturated rings. The molecule has 1 aromatic carbocycles. The molecule has 0 bridgehead atoms. The quantitative estimate of drug-likeness (QED) is 0.798. The molecule has 112 valence electrons. The van der Waals surface area contributed by atoms with Crippen molar-refractivity contribution in [2.24, 2.45) is 0 Å². The normalized spacial score (nSPS) is 24.8. The van der Waals surface area contributed by atoms with E-state index >= 15 is 0 Å². The zero-order valence-electron chi connectivity index (χ0n) is 12.7. The van der Waals surface area contributed by atoms with E-state index in [4.69, 9.17) is 16.6 Å². The van der Waals surface area contributed by atoms with Crippen LogP contribution in [0.25, 0.3) is 11.0 Å². The molecule has 21 heavy (non-hydrogen) atoms. The summed E-state index contributed by atoms with van der Waals surface area (Å²) in [7, 11) is 0. The number of alkyl halides is 1. The predicted molar refractivity (Wildman–Crippen MR) is 87.0 cm³/mol. The number of nitrogens with zero attached hydrogens (tertiary/aromatic N) is 3. The first kappa shape index (κ1) is 13.6. The van der Waals surface area contributed by atoms with Crippen LogP contribution in [-0.2, 0) is 0 Å². The van der Waals surface area contributed by atoms with Gasteiger partial charge in [-0.2, -0.15) is 0 Å². The summed E-state index contributed by atoms with van der Waals surface area (Å²) in [4.78, 5) is 7.47. The highest BCUT2D eigenvalue weighted by Gasteiger charge is 2.36. The zero-order chi connectivity index (χ0) is 14.6. The van der Waals surface area contributed by atoms with Gasteiger partial charge in [-0.3, -0.25) is 4.90 Å². The minimum atomic E-state index is -0.0493. The van der Waals surface area contributed by atoms with Gasteiger partial charge < -0.3 is 4.57 Å². The molecule has 4 heteroatoms. The van der Waals surface area contributed by atoms with Gasteiger partial charge >= 0.3 is 0 Å². The summed E-state index contributed by atoms with van der Waals surface area (Å²) in [6.07, 6.45) is 3.98. The lowest BCUT2D eigenvalue weighted by atomic mass is 10.1. The molecule has 1 aliphatic carbocycles. The van der Waals surface area contributed by atoms with E-state index in [0.717, 1.165) is 23.9 Å². The molecule has 0 radical (unpaired) electrons. The number of aromatic nitrogens is 2. The van der Waals surface area contributed by atoms with Gasteiger partial charge in [-0.1, -0.05) is 12.1 Å². The Balaban J connectivity index is 1.80. The smallest absolute Gasteiger partial charge is 0.128 e. The van der Waals surface area contributed by atoms with Gasteiger partial charge in [0.05, 0.1) is 16.4 Å². The van der Waals surface area contributed by atoms with Crippen LogP contribution in [0.3, 0.4) is 0 Å². The van der Waals surface area contributed by atoms with E-state index in [1.54, 1.807) is 0 Å². The molecule has 4 rings (SSSR count). The molecular weight excluding hydrogens is 282 g/mol. The summed E-state index contributed by atoms with van der Waals surface area (Å²) in [5, 5.41) is -0.0493. The standard InChI is InChI=1S/C17H22ClN3/c1-11-4-3-5-15-16(11)21(17(19-15)12(2)18)14-8-9-20(10-14)13-6-7-13/h3-5,12-14H,6-10H2,1-2H3. The molecule has 0 spiro atoms. The third kappa shape index (κ3) is 2.27. The highest BCUT2D eigenvalue weighted by molar-refractivity contribution is 6.20. The molecular formula is C17H22ClN3. The van der Waals surface area contributed by atoms with Crippen LogP contribution in [0, 0.1) is 6.92 Å². The monoisotopic (exact) mass is 303 g/mol. The molecule has 2 atom stereocenters. The Morgan fingerprint density at radius 2 is 2.05 bits per heavy atom. The van der Waals surface area contributed by atoms with Crippen LogP contribution in [-0.4, -0.2) is 33.6 Å². The molecule has 1 aliphatic heterocycles. The van der Waals surface area contributed by atoms with Crippen molar-refractivity contribution in [1.29, 1.82) is 0 Å². The minimum absolute atomic E-state index is 0.0493. The summed E-state index contributed by atoms with van der Waals surface area (Å²) in [5.74, 6) is 1.03. The van der Waals surface area contributed by atoms with Gasteiger partial charge in [-0.15, -0.1) is 11.6 Å². The van der Waals surface area contributed by atoms with Crippen molar-refractivity contribution >= 4 is 22.6 Å². The number of rotatable bonds is 3. The van der Waals surface area contributed by atoms with Gasteiger partial charge in [-0.05, 0) is 44.7 Å². The summed E-state index contributed by atoms with van der Waals surface area (Å²) >= 11 is 6.42. The average molecular weight is 304 g/mol. The van der Waals surface area contributed by atoms with Crippen LogP contribution >= 0.6 is 11.6 Å². The van der Waals surface area contributed by atoms with Crippen LogP contribution in [0.15, 0.2) is 18.2 Å². The van der Waals surface area contributed by atoms with Crippen molar-refractivity contribution in [3.8, 4) is 0 Å². The molecule has 0 amide bonds. The van der Waals surface area contributed by atoms with Gasteiger partial charge in [0, 0.05) is 25.2 Å². The molecule has 1 saturated carbocycles. The Morgan fingerprint density at radius 1 is 1.24 bits per heavy atom. The number of hydrogen-bond donors (Lipinski definition) is 0. The van der Waals surface area contributed by atoms with Crippen molar-refractivity contribution in [2.75, 3.05) is 13.1 Å². The lowest BCUT2D eigenvalue weighted by Crippen LogP contribution is -2.24. The zero-order valence-corrected chi connectivity index (χ0v) is 13.5. The third-order valence-electron chi connectivity index (χ3n) is 4.92. The number of hydrogen-bond acceptors (Lipinski definition) is 2. The maximum atomic E-state index is 6.42. The van der Waals surface area contributed by atoms with E-state index < -0.39 is 0 Å². The second kappa shape index (κ2) is 4.99. The number of imidazole rings is 1. The fraction of sp³-hybridized carbons (Fsp3) is 0.588. The van der Waals surface area contributed by atoms with E-state index in [0.29, 0.717) is 6.04 Å². The van der Waals surface area contributed by atoms with Gasteiger partial charge in [0.2, 0.25) is 0 Å². The lowest BCUT2D eigenvalue weighted by Gasteiger charge is -2.20. The fourth-order valence-corrected chi connectivity index (χ4v) is 3.89. The molecule has 2 heterocycles. The number of aryl methyl sites for hydroxylation is 1. The van der Waals surface area contributed by atoms with E-state index in [1.165, 1.54) is 36.9 Å². The van der Waals surface area contributed by atoms with Crippen molar-refractivity contribution in [1.82, 2.24) is 14.5 Å². The Bertz CT molecular complexity index is 672. The predicted octanol–water partition coefficient (Wildman–Crippen LogP) is 4.05. The van der Waals surface area contributed by atoms with Crippen molar-refractivity contribution < 1.29 is 0 Å². The number of likely N-dealkylation sites (tertiary alicyclic amines) is 1. The Morgan fingerprint density at radius 3 is 2.76 bits per heavy atom. The minimum Gasteiger partial charge on any atom is -0.322 e. The second-order valence-corrected chi connectivity index (χ2v) is 7.22. The number of benzene rings is 1. The Labute approximate surface area is 130 Å². The maximum Gasteiger partial charge on any atom is 0.128 e. The van der Waals surface area contributed by atoms with Crippen LogP contribution < -0.4 is 0 Å². The summed E-state index contributed by atoms with van der Waals surface area (Å²) < 4.78 is 2.44. The topological polar surface area (TPSA) is 21.1 Å². The molecule has 1 saturated heterocycles. The molecule has 2 unspecified atom stereocenters. The maximum absolute atomic E-state index is 6.42. The van der Waals surface area contributed by atoms with Crippen molar-refractivity contribution in [3.63, 3.8) is 0 Å². The van der Waals surface area contributed by atoms with Crippen LogP contribution in [0.4, 0.5) is 0 Å². The van der Waals surface area contributed by atoms with Crippen LogP contribution in [0.5, 0.6) is 0 Å². The highest BCUT2D eigenvalue weighted by Crippen LogP contribution is 2.37. The Hall–Kier alpha value is -1.06. The van der Waals surface area contributed by atoms with Crippen molar-refractivity contribution in [3.05, 3.63) is 29.6 Å². The molecule has 2 aliphatic rings. The Kier molecular flexibility index (Phi) is 3.23. The number of fused-ring (bicyclic) bond motifs is 1. The largest absolute Gasteiger partial charge is 0.322 e. The SMILES string of the molecule is Cc1cccc2nc(C(C)Cl)n(C3CCN(C4CC4)C3)c12. The van der Waals surface area contributed by atoms with E-state index in [-0.39, 0.29) is 5.38 Å². The van der Waals surface area contributed by atoms with Crippen molar-refractivity contribution in [2.45, 2.75) is 50.6 Å². The lowest BCUT2D eigenvalue weighted by molar-refractivity contribution is 0.313. The van der Waals surface area contributed by atoms with Gasteiger partial charge in [0.25, 0.3) is 0 Å². The first-order chi connectivity index (χ1) is 10.1. The number of para-hydroxylation sites is 1. The van der Waals surface area contributed by atoms with Gasteiger partial charge in [0.15, 0.2) is 0 Å². The van der Waals surface area contributed by atoms with E-state index in [2.05, 4.69) is 34.6 Å².